The summed E-state index contributed by atoms with van der Waals surface area (Å²) in [7, 11) is 0. The van der Waals surface area contributed by atoms with Gasteiger partial charge in [-0.3, -0.25) is 0 Å². The monoisotopic (exact) mass is 192 g/mol. The topological polar surface area (TPSA) is 73.2 Å². The minimum absolute atomic E-state index is 0.165. The number of unbranched alkanes of at least 4 members (excludes halogenated alkanes) is 1. The van der Waals surface area contributed by atoms with Gasteiger partial charge in [-0.1, -0.05) is 0 Å². The van der Waals surface area contributed by atoms with E-state index in [1.807, 2.05) is 0 Å². The molecule has 3 N–H and O–H groups in total. The summed E-state index contributed by atoms with van der Waals surface area (Å²) in [5, 5.41) is 25.4. The van der Waals surface area contributed by atoms with Crippen LogP contribution in [0.3, 0.4) is 0 Å². The van der Waals surface area contributed by atoms with E-state index in [9.17, 15) is 0 Å². The molecule has 0 aromatic rings. The van der Waals surface area contributed by atoms with Crippen molar-refractivity contribution in [3.63, 3.8) is 0 Å². The first-order valence-corrected chi connectivity index (χ1v) is 4.72. The highest BCUT2D eigenvalue weighted by Gasteiger charge is 2.13. The minimum Gasteiger partial charge on any atom is -0.396 e. The van der Waals surface area contributed by atoms with Gasteiger partial charge in [0.2, 0.25) is 0 Å². The molecule has 0 bridgehead atoms. The average molecular weight is 192 g/mol. The van der Waals surface area contributed by atoms with Crippen LogP contribution in [-0.2, 0) is 4.74 Å². The Balaban J connectivity index is 0.000000293. The minimum atomic E-state index is -0.600. The van der Waals surface area contributed by atoms with Crippen molar-refractivity contribution in [2.45, 2.75) is 38.4 Å². The molecule has 0 radical (unpaired) electrons. The van der Waals surface area contributed by atoms with Crippen LogP contribution in [0, 0.1) is 0 Å². The maximum absolute atomic E-state index is 8.75. The van der Waals surface area contributed by atoms with Crippen LogP contribution in [0.2, 0.25) is 0 Å². The summed E-state index contributed by atoms with van der Waals surface area (Å²) in [4.78, 5) is 0. The molecule has 0 spiro atoms. The highest BCUT2D eigenvalue weighted by atomic mass is 16.6. The lowest BCUT2D eigenvalue weighted by Crippen LogP contribution is -2.11. The smallest absolute Gasteiger partial charge is 0.0781 e. The Hall–Kier alpha value is -0.160. The Bertz CT molecular complexity index is 104. The third-order valence-corrected chi connectivity index (χ3v) is 1.66. The lowest BCUT2D eigenvalue weighted by Gasteiger charge is -2.03. The van der Waals surface area contributed by atoms with Crippen molar-refractivity contribution in [1.29, 1.82) is 0 Å². The molecule has 1 aliphatic rings. The van der Waals surface area contributed by atoms with Crippen molar-refractivity contribution in [3.05, 3.63) is 0 Å². The number of ether oxygens (including phenoxy) is 1. The summed E-state index contributed by atoms with van der Waals surface area (Å²) in [6, 6.07) is 0. The predicted octanol–water partition coefficient (Wildman–Crippen LogP) is -0.0927. The van der Waals surface area contributed by atoms with E-state index in [1.54, 1.807) is 0 Å². The number of hydrogen-bond acceptors (Lipinski definition) is 4. The second kappa shape index (κ2) is 8.44. The van der Waals surface area contributed by atoms with Crippen LogP contribution in [0.1, 0.15) is 26.2 Å². The number of epoxide rings is 1. The fraction of sp³-hybridized carbons (Fsp3) is 1.00. The zero-order valence-electron chi connectivity index (χ0n) is 8.15. The molecular formula is C9H20O4. The van der Waals surface area contributed by atoms with Gasteiger partial charge in [0, 0.05) is 6.61 Å². The first-order chi connectivity index (χ1) is 6.20. The lowest BCUT2D eigenvalue weighted by molar-refractivity contribution is 0.0848. The molecule has 1 aliphatic heterocycles. The van der Waals surface area contributed by atoms with E-state index in [4.69, 9.17) is 20.1 Å². The van der Waals surface area contributed by atoms with E-state index in [0.717, 1.165) is 13.0 Å². The largest absolute Gasteiger partial charge is 0.396 e. The quantitative estimate of drug-likeness (QED) is 0.420. The van der Waals surface area contributed by atoms with Crippen LogP contribution in [-0.4, -0.2) is 47.3 Å². The van der Waals surface area contributed by atoms with E-state index >= 15 is 0 Å². The standard InChI is InChI=1S/C6H14O3.C3H6O/c7-4-2-1-3-6(9)5-8;1-3-2-4-3/h6-9H,1-5H2;3H,2H2,1H3. The summed E-state index contributed by atoms with van der Waals surface area (Å²) in [6.45, 7) is 3.03. The van der Waals surface area contributed by atoms with Crippen LogP contribution < -0.4 is 0 Å². The van der Waals surface area contributed by atoms with Gasteiger partial charge in [-0.25, -0.2) is 0 Å². The molecule has 80 valence electrons. The first-order valence-electron chi connectivity index (χ1n) is 4.72. The molecule has 0 aliphatic carbocycles. The zero-order valence-corrected chi connectivity index (χ0v) is 8.15. The second-order valence-corrected chi connectivity index (χ2v) is 3.20. The van der Waals surface area contributed by atoms with Crippen LogP contribution in [0.4, 0.5) is 0 Å². The molecule has 1 saturated heterocycles. The van der Waals surface area contributed by atoms with E-state index < -0.39 is 6.10 Å². The molecule has 4 heteroatoms. The van der Waals surface area contributed by atoms with Gasteiger partial charge in [0.25, 0.3) is 0 Å². The maximum Gasteiger partial charge on any atom is 0.0781 e. The molecule has 0 aromatic heterocycles. The van der Waals surface area contributed by atoms with Gasteiger partial charge in [0.15, 0.2) is 0 Å². The molecule has 1 fully saturated rings. The van der Waals surface area contributed by atoms with E-state index in [1.165, 1.54) is 0 Å². The number of hydrogen-bond donors (Lipinski definition) is 3. The number of rotatable bonds is 5. The molecule has 0 amide bonds. The Labute approximate surface area is 79.2 Å². The molecule has 0 saturated carbocycles. The second-order valence-electron chi connectivity index (χ2n) is 3.20. The Morgan fingerprint density at radius 3 is 2.23 bits per heavy atom. The van der Waals surface area contributed by atoms with Gasteiger partial charge in [0.05, 0.1) is 25.4 Å². The predicted molar refractivity (Wildman–Crippen MR) is 49.4 cm³/mol. The fourth-order valence-electron chi connectivity index (χ4n) is 0.679. The maximum atomic E-state index is 8.75. The van der Waals surface area contributed by atoms with Gasteiger partial charge in [-0.15, -0.1) is 0 Å². The van der Waals surface area contributed by atoms with Gasteiger partial charge >= 0.3 is 0 Å². The summed E-state index contributed by atoms with van der Waals surface area (Å²) < 4.78 is 4.71. The molecule has 1 rings (SSSR count). The SMILES string of the molecule is CC1CO1.OCCCCC(O)CO. The third kappa shape index (κ3) is 11.8. The van der Waals surface area contributed by atoms with Crippen molar-refractivity contribution in [2.75, 3.05) is 19.8 Å². The Morgan fingerprint density at radius 2 is 1.92 bits per heavy atom. The summed E-state index contributed by atoms with van der Waals surface area (Å²) >= 11 is 0. The van der Waals surface area contributed by atoms with Crippen LogP contribution in [0.25, 0.3) is 0 Å². The fourth-order valence-corrected chi connectivity index (χ4v) is 0.679. The molecule has 2 unspecified atom stereocenters. The summed E-state index contributed by atoms with van der Waals surface area (Å²) in [5.41, 5.74) is 0. The van der Waals surface area contributed by atoms with Crippen molar-refractivity contribution in [2.24, 2.45) is 0 Å². The number of aliphatic hydroxyl groups excluding tert-OH is 3. The van der Waals surface area contributed by atoms with Crippen LogP contribution in [0.15, 0.2) is 0 Å². The van der Waals surface area contributed by atoms with E-state index in [0.29, 0.717) is 18.9 Å². The molecule has 13 heavy (non-hydrogen) atoms. The average Bonchev–Trinajstić information content (AvgIpc) is 2.89. The van der Waals surface area contributed by atoms with E-state index in [2.05, 4.69) is 6.92 Å². The van der Waals surface area contributed by atoms with E-state index in [-0.39, 0.29) is 13.2 Å². The highest BCUT2D eigenvalue weighted by Crippen LogP contribution is 2.04. The van der Waals surface area contributed by atoms with Crippen molar-refractivity contribution >= 4 is 0 Å². The van der Waals surface area contributed by atoms with Gasteiger partial charge in [-0.2, -0.15) is 0 Å². The summed E-state index contributed by atoms with van der Waals surface area (Å²) in [6.07, 6.45) is 2.04. The van der Waals surface area contributed by atoms with Crippen LogP contribution in [0.5, 0.6) is 0 Å². The molecule has 0 aromatic carbocycles. The molecule has 2 atom stereocenters. The number of aliphatic hydroxyl groups is 3. The van der Waals surface area contributed by atoms with Crippen molar-refractivity contribution in [3.8, 4) is 0 Å². The highest BCUT2D eigenvalue weighted by molar-refractivity contribution is 4.58. The van der Waals surface area contributed by atoms with Crippen molar-refractivity contribution < 1.29 is 20.1 Å². The molecular weight excluding hydrogens is 172 g/mol. The van der Waals surface area contributed by atoms with Gasteiger partial charge in [-0.05, 0) is 26.2 Å². The Morgan fingerprint density at radius 1 is 1.38 bits per heavy atom. The lowest BCUT2D eigenvalue weighted by atomic mass is 10.2. The van der Waals surface area contributed by atoms with Gasteiger partial charge < -0.3 is 20.1 Å². The molecule has 4 nitrogen and oxygen atoms in total. The summed E-state index contributed by atoms with van der Waals surface area (Å²) in [5.74, 6) is 0. The zero-order chi connectivity index (χ0) is 10.1. The first kappa shape index (κ1) is 12.8. The van der Waals surface area contributed by atoms with Crippen LogP contribution >= 0.6 is 0 Å². The normalized spacial score (nSPS) is 21.7. The Kier molecular flexibility index (Phi) is 8.33. The van der Waals surface area contributed by atoms with Gasteiger partial charge in [0.1, 0.15) is 0 Å². The third-order valence-electron chi connectivity index (χ3n) is 1.66. The van der Waals surface area contributed by atoms with Crippen molar-refractivity contribution in [1.82, 2.24) is 0 Å². The molecule has 1 heterocycles.